The number of rotatable bonds is 69. The van der Waals surface area contributed by atoms with Crippen molar-refractivity contribution in [2.45, 2.75) is 277 Å². The standard InChI is InChI=1S/C83H132O17P2/c1-5-9-13-17-21-25-29-33-36-38-41-44-47-51-55-59-63-67-80(85)93-73-78(99-82(87)69-65-61-57-53-49-43-32-28-24-20-16-12-8-4)75-97-101(89,90)95-71-77(84)72-96-102(91,92)98-76-79(100-83(88)70-66-62-58-54-50-46-40-35-31-27-23-19-15-11-7-3)74-94-81(86)68-64-60-56-52-48-45-42-39-37-34-30-26-22-18-14-10-6-2/h9-11,13-16,20-23,25-28,32-37,40-42,44-45,51-52,55-56,77-79,84H,5-8,12,17-19,24,29-31,38-39,43,46-50,53-54,57-76H2,1-4H3,(H,89,90)(H,91,92)/b13-9-,14-10-,15-11-,20-16-,25-21-,26-22-,27-23-,32-28-,36-33-,37-34-,40-35-,44-41-,45-42-,55-51-,56-52-. The van der Waals surface area contributed by atoms with Gasteiger partial charge in [-0.3, -0.25) is 37.3 Å². The zero-order valence-electron chi connectivity index (χ0n) is 62.7. The first-order valence-corrected chi connectivity index (χ1v) is 41.0. The van der Waals surface area contributed by atoms with Crippen molar-refractivity contribution < 1.29 is 80.2 Å². The molecule has 0 aliphatic heterocycles. The minimum Gasteiger partial charge on any atom is -0.462 e. The molecule has 5 unspecified atom stereocenters. The average Bonchev–Trinajstić information content (AvgIpc) is 0.939. The van der Waals surface area contributed by atoms with E-state index in [-0.39, 0.29) is 25.7 Å². The van der Waals surface area contributed by atoms with Crippen LogP contribution in [-0.2, 0) is 65.4 Å². The fourth-order valence-corrected chi connectivity index (χ4v) is 10.7. The fraction of sp³-hybridized carbons (Fsp3) is 0.590. The third-order valence-electron chi connectivity index (χ3n) is 14.8. The molecule has 0 aromatic rings. The number of hydrogen-bond donors (Lipinski definition) is 3. The lowest BCUT2D eigenvalue weighted by Gasteiger charge is -2.21. The smallest absolute Gasteiger partial charge is 0.462 e. The third kappa shape index (κ3) is 72.5. The molecule has 5 atom stereocenters. The van der Waals surface area contributed by atoms with E-state index in [2.05, 4.69) is 186 Å². The molecule has 0 aromatic heterocycles. The number of unbranched alkanes of at least 4 members (excludes halogenated alkanes) is 13. The van der Waals surface area contributed by atoms with Gasteiger partial charge in [0.05, 0.1) is 26.4 Å². The summed E-state index contributed by atoms with van der Waals surface area (Å²) in [6.07, 6.45) is 87.6. The lowest BCUT2D eigenvalue weighted by Crippen LogP contribution is -2.30. The number of phosphoric acid groups is 2. The molecule has 19 heteroatoms. The quantitative estimate of drug-likeness (QED) is 0.0169. The molecule has 17 nitrogen and oxygen atoms in total. The van der Waals surface area contributed by atoms with Crippen molar-refractivity contribution in [1.29, 1.82) is 0 Å². The first-order valence-electron chi connectivity index (χ1n) is 38.0. The van der Waals surface area contributed by atoms with Crippen LogP contribution < -0.4 is 0 Å². The highest BCUT2D eigenvalue weighted by atomic mass is 31.2. The molecule has 0 radical (unpaired) electrons. The van der Waals surface area contributed by atoms with E-state index in [4.69, 9.17) is 37.0 Å². The second-order valence-electron chi connectivity index (χ2n) is 24.4. The molecule has 576 valence electrons. The number of phosphoric ester groups is 2. The van der Waals surface area contributed by atoms with Crippen LogP contribution in [0.3, 0.4) is 0 Å². The summed E-state index contributed by atoms with van der Waals surface area (Å²) in [4.78, 5) is 72.9. The minimum atomic E-state index is -5.01. The molecule has 0 aliphatic carbocycles. The molecule has 0 bridgehead atoms. The van der Waals surface area contributed by atoms with Crippen molar-refractivity contribution in [2.24, 2.45) is 0 Å². The van der Waals surface area contributed by atoms with Crippen LogP contribution in [0, 0.1) is 0 Å². The Morgan fingerprint density at radius 1 is 0.284 bits per heavy atom. The van der Waals surface area contributed by atoms with E-state index < -0.39 is 97.5 Å². The van der Waals surface area contributed by atoms with Gasteiger partial charge in [0.25, 0.3) is 0 Å². The van der Waals surface area contributed by atoms with Crippen molar-refractivity contribution >= 4 is 39.5 Å². The van der Waals surface area contributed by atoms with Crippen LogP contribution in [-0.4, -0.2) is 96.7 Å². The van der Waals surface area contributed by atoms with E-state index in [1.54, 1.807) is 0 Å². The molecular weight excluding hydrogens is 1330 g/mol. The number of aliphatic hydroxyl groups is 1. The van der Waals surface area contributed by atoms with Gasteiger partial charge in [-0.2, -0.15) is 0 Å². The van der Waals surface area contributed by atoms with Crippen LogP contribution in [0.25, 0.3) is 0 Å². The number of ether oxygens (including phenoxy) is 4. The summed E-state index contributed by atoms with van der Waals surface area (Å²) >= 11 is 0. The van der Waals surface area contributed by atoms with Gasteiger partial charge >= 0.3 is 39.5 Å². The van der Waals surface area contributed by atoms with Crippen molar-refractivity contribution in [3.05, 3.63) is 182 Å². The van der Waals surface area contributed by atoms with E-state index >= 15 is 0 Å². The van der Waals surface area contributed by atoms with Crippen LogP contribution >= 0.6 is 15.6 Å². The van der Waals surface area contributed by atoms with Gasteiger partial charge in [-0.15, -0.1) is 0 Å². The van der Waals surface area contributed by atoms with E-state index in [9.17, 15) is 43.2 Å². The summed E-state index contributed by atoms with van der Waals surface area (Å²) < 4.78 is 68.3. The van der Waals surface area contributed by atoms with Gasteiger partial charge < -0.3 is 33.8 Å². The van der Waals surface area contributed by atoms with Crippen LogP contribution in [0.2, 0.25) is 0 Å². The summed E-state index contributed by atoms with van der Waals surface area (Å²) in [6.45, 7) is 4.26. The Morgan fingerprint density at radius 2 is 0.520 bits per heavy atom. The molecule has 0 heterocycles. The SMILES string of the molecule is CC/C=C\C/C=C\C/C=C\C/C=C\C/C=C\CCCC(=O)OCC(COP(=O)(O)OCC(O)COP(=O)(O)OCC(COC(=O)CCC/C=C\C/C=C\C/C=C\C/C=C\C/C=C\CC)OC(=O)CCCCCCC/C=C\C/C=C\CCC)OC(=O)CCCCCCC/C=C\C/C=C\C/C=C\CC. The van der Waals surface area contributed by atoms with Gasteiger partial charge in [0.15, 0.2) is 12.2 Å². The predicted octanol–water partition coefficient (Wildman–Crippen LogP) is 22.0. The number of carbonyl (C=O) groups excluding carboxylic acids is 4. The average molecular weight is 1460 g/mol. The number of allylic oxidation sites excluding steroid dienone is 30. The highest BCUT2D eigenvalue weighted by Crippen LogP contribution is 2.45. The highest BCUT2D eigenvalue weighted by Gasteiger charge is 2.30. The summed E-state index contributed by atoms with van der Waals surface area (Å²) in [7, 11) is -10.0. The molecule has 102 heavy (non-hydrogen) atoms. The van der Waals surface area contributed by atoms with Gasteiger partial charge in [0, 0.05) is 25.7 Å². The van der Waals surface area contributed by atoms with Crippen LogP contribution in [0.1, 0.15) is 259 Å². The molecule has 0 saturated heterocycles. The van der Waals surface area contributed by atoms with Crippen molar-refractivity contribution in [1.82, 2.24) is 0 Å². The van der Waals surface area contributed by atoms with Crippen molar-refractivity contribution in [3.8, 4) is 0 Å². The van der Waals surface area contributed by atoms with Crippen LogP contribution in [0.5, 0.6) is 0 Å². The summed E-state index contributed by atoms with van der Waals surface area (Å²) in [6, 6.07) is 0. The topological polar surface area (TPSA) is 237 Å². The van der Waals surface area contributed by atoms with E-state index in [1.807, 2.05) is 24.3 Å². The first kappa shape index (κ1) is 96.2. The molecule has 0 fully saturated rings. The number of carbonyl (C=O) groups is 4. The van der Waals surface area contributed by atoms with E-state index in [0.29, 0.717) is 38.5 Å². The first-order chi connectivity index (χ1) is 49.7. The van der Waals surface area contributed by atoms with Gasteiger partial charge in [-0.05, 0) is 161 Å². The molecular formula is C83H132O17P2. The zero-order chi connectivity index (χ0) is 74.6. The van der Waals surface area contributed by atoms with Crippen LogP contribution in [0.4, 0.5) is 0 Å². The molecule has 0 amide bonds. The monoisotopic (exact) mass is 1460 g/mol. The van der Waals surface area contributed by atoms with Crippen LogP contribution in [0.15, 0.2) is 182 Å². The number of hydrogen-bond acceptors (Lipinski definition) is 15. The van der Waals surface area contributed by atoms with Gasteiger partial charge in [0.2, 0.25) is 0 Å². The van der Waals surface area contributed by atoms with E-state index in [0.717, 1.165) is 167 Å². The highest BCUT2D eigenvalue weighted by molar-refractivity contribution is 7.47. The fourth-order valence-electron chi connectivity index (χ4n) is 9.17. The van der Waals surface area contributed by atoms with Gasteiger partial charge in [0.1, 0.15) is 19.3 Å². The van der Waals surface area contributed by atoms with Gasteiger partial charge in [-0.1, -0.05) is 255 Å². The van der Waals surface area contributed by atoms with Crippen molar-refractivity contribution in [3.63, 3.8) is 0 Å². The maximum absolute atomic E-state index is 13.1. The largest absolute Gasteiger partial charge is 0.472 e. The Kier molecular flexibility index (Phi) is 69.3. The normalized spacial score (nSPS) is 14.9. The maximum atomic E-state index is 13.1. The molecule has 0 aromatic carbocycles. The molecule has 0 aliphatic rings. The zero-order valence-corrected chi connectivity index (χ0v) is 64.5. The second-order valence-corrected chi connectivity index (χ2v) is 27.3. The van der Waals surface area contributed by atoms with E-state index in [1.165, 1.54) is 0 Å². The Morgan fingerprint density at radius 3 is 0.814 bits per heavy atom. The molecule has 0 spiro atoms. The van der Waals surface area contributed by atoms with Crippen molar-refractivity contribution in [2.75, 3.05) is 39.6 Å². The lowest BCUT2D eigenvalue weighted by atomic mass is 10.1. The Bertz CT molecular complexity index is 2650. The second kappa shape index (κ2) is 73.5. The molecule has 0 rings (SSSR count). The minimum absolute atomic E-state index is 0.0545. The lowest BCUT2D eigenvalue weighted by molar-refractivity contribution is -0.161. The Hall–Kier alpha value is -5.84. The summed E-state index contributed by atoms with van der Waals surface area (Å²) in [5.74, 6) is -2.37. The predicted molar refractivity (Wildman–Crippen MR) is 417 cm³/mol. The summed E-state index contributed by atoms with van der Waals surface area (Å²) in [5, 5.41) is 10.6. The van der Waals surface area contributed by atoms with Gasteiger partial charge in [-0.25, -0.2) is 9.13 Å². The Labute approximate surface area is 615 Å². The molecule has 3 N–H and O–H groups in total. The third-order valence-corrected chi connectivity index (χ3v) is 16.7. The summed E-state index contributed by atoms with van der Waals surface area (Å²) in [5.41, 5.74) is 0. The Balaban J connectivity index is 5.49. The number of aliphatic hydroxyl groups excluding tert-OH is 1. The molecule has 0 saturated carbocycles. The number of esters is 4. The maximum Gasteiger partial charge on any atom is 0.472 e.